The fraction of sp³-hybridized carbons (Fsp3) is 0.786. The van der Waals surface area contributed by atoms with E-state index in [1.54, 1.807) is 22.3 Å². The summed E-state index contributed by atoms with van der Waals surface area (Å²) >= 11 is 0. The maximum atomic E-state index is 10.2. The van der Waals surface area contributed by atoms with Crippen molar-refractivity contribution >= 4 is 0 Å². The lowest BCUT2D eigenvalue weighted by Gasteiger charge is -2.45. The highest BCUT2D eigenvalue weighted by Gasteiger charge is 2.51. The number of aliphatic hydroxyl groups excluding tert-OH is 1. The molecule has 1 saturated carbocycles. The zero-order chi connectivity index (χ0) is 20.9. The van der Waals surface area contributed by atoms with Gasteiger partial charge in [0.2, 0.25) is 0 Å². The highest BCUT2D eigenvalue weighted by atomic mass is 16.3. The van der Waals surface area contributed by atoms with Gasteiger partial charge in [-0.3, -0.25) is 0 Å². The van der Waals surface area contributed by atoms with Crippen LogP contribution in [-0.4, -0.2) is 11.2 Å². The molecule has 162 valence electrons. The van der Waals surface area contributed by atoms with Crippen molar-refractivity contribution in [3.63, 3.8) is 0 Å². The van der Waals surface area contributed by atoms with Gasteiger partial charge in [-0.05, 0) is 115 Å². The third-order valence-electron chi connectivity index (χ3n) is 9.76. The second-order valence-electron chi connectivity index (χ2n) is 11.6. The van der Waals surface area contributed by atoms with Gasteiger partial charge in [0.15, 0.2) is 0 Å². The first-order chi connectivity index (χ1) is 13.7. The van der Waals surface area contributed by atoms with Crippen LogP contribution in [0.4, 0.5) is 0 Å². The molecule has 0 bridgehead atoms. The van der Waals surface area contributed by atoms with E-state index in [1.807, 2.05) is 0 Å². The van der Waals surface area contributed by atoms with Gasteiger partial charge in [0.05, 0.1) is 6.10 Å². The first-order valence-electron chi connectivity index (χ1n) is 12.5. The summed E-state index contributed by atoms with van der Waals surface area (Å²) in [5, 5.41) is 10.2. The van der Waals surface area contributed by atoms with E-state index in [-0.39, 0.29) is 6.10 Å². The van der Waals surface area contributed by atoms with Gasteiger partial charge in [0, 0.05) is 0 Å². The number of benzene rings is 1. The zero-order valence-corrected chi connectivity index (χ0v) is 19.9. The number of fused-ring (bicyclic) bond motifs is 4. The second-order valence-corrected chi connectivity index (χ2v) is 11.6. The van der Waals surface area contributed by atoms with E-state index in [0.29, 0.717) is 5.41 Å². The molecule has 0 aliphatic heterocycles. The standard InChI is InChI=1S/C28H44O/c1-17(2)18(3)7-8-19(4)26-11-12-27-25-16-21-15-22(29)9-10-23(21)20(5)24(25)13-14-28(26,27)6/h16-19,22,26-27,29H,7-15H2,1-6H3. The minimum atomic E-state index is -0.130. The normalized spacial score (nSPS) is 33.2. The summed E-state index contributed by atoms with van der Waals surface area (Å²) < 4.78 is 0. The Labute approximate surface area is 179 Å². The van der Waals surface area contributed by atoms with Crippen molar-refractivity contribution in [2.75, 3.05) is 0 Å². The molecule has 4 rings (SSSR count). The average Bonchev–Trinajstić information content (AvgIpc) is 3.03. The fourth-order valence-electron chi connectivity index (χ4n) is 7.36. The van der Waals surface area contributed by atoms with Crippen LogP contribution >= 0.6 is 0 Å². The summed E-state index contributed by atoms with van der Waals surface area (Å²) in [7, 11) is 0. The van der Waals surface area contributed by atoms with Gasteiger partial charge in [-0.15, -0.1) is 0 Å². The van der Waals surface area contributed by atoms with Crippen molar-refractivity contribution < 1.29 is 5.11 Å². The van der Waals surface area contributed by atoms with Crippen LogP contribution in [0.5, 0.6) is 0 Å². The Kier molecular flexibility index (Phi) is 5.93. The molecule has 0 saturated heterocycles. The van der Waals surface area contributed by atoms with Crippen molar-refractivity contribution in [2.24, 2.45) is 29.1 Å². The molecule has 0 radical (unpaired) electrons. The Balaban J connectivity index is 1.58. The smallest absolute Gasteiger partial charge is 0.0583 e. The van der Waals surface area contributed by atoms with Crippen LogP contribution in [-0.2, 0) is 19.3 Å². The van der Waals surface area contributed by atoms with Crippen molar-refractivity contribution in [2.45, 2.75) is 111 Å². The maximum Gasteiger partial charge on any atom is 0.0583 e. The third-order valence-corrected chi connectivity index (χ3v) is 9.76. The number of aliphatic hydroxyl groups is 1. The monoisotopic (exact) mass is 396 g/mol. The Morgan fingerprint density at radius 3 is 2.52 bits per heavy atom. The molecule has 3 aliphatic carbocycles. The molecule has 0 spiro atoms. The average molecular weight is 397 g/mol. The molecule has 1 N–H and O–H groups in total. The van der Waals surface area contributed by atoms with E-state index in [1.165, 1.54) is 44.1 Å². The van der Waals surface area contributed by atoms with Crippen LogP contribution in [0.25, 0.3) is 0 Å². The second kappa shape index (κ2) is 8.03. The van der Waals surface area contributed by atoms with Gasteiger partial charge >= 0.3 is 0 Å². The fourth-order valence-corrected chi connectivity index (χ4v) is 7.36. The predicted molar refractivity (Wildman–Crippen MR) is 124 cm³/mol. The van der Waals surface area contributed by atoms with Gasteiger partial charge in [0.25, 0.3) is 0 Å². The Hall–Kier alpha value is -0.820. The van der Waals surface area contributed by atoms with E-state index in [2.05, 4.69) is 47.6 Å². The molecule has 6 atom stereocenters. The molecule has 0 aromatic heterocycles. The zero-order valence-electron chi connectivity index (χ0n) is 19.9. The van der Waals surface area contributed by atoms with Crippen molar-refractivity contribution in [3.8, 4) is 0 Å². The third kappa shape index (κ3) is 3.71. The van der Waals surface area contributed by atoms with Crippen LogP contribution in [0.15, 0.2) is 6.07 Å². The molecule has 1 fully saturated rings. The molecule has 0 amide bonds. The molecule has 1 aromatic rings. The molecule has 1 nitrogen and oxygen atoms in total. The Morgan fingerprint density at radius 2 is 1.79 bits per heavy atom. The molecule has 29 heavy (non-hydrogen) atoms. The lowest BCUT2D eigenvalue weighted by molar-refractivity contribution is 0.115. The molecule has 0 heterocycles. The summed E-state index contributed by atoms with van der Waals surface area (Å²) in [5.74, 6) is 4.11. The summed E-state index contributed by atoms with van der Waals surface area (Å²) in [6.07, 6.45) is 11.0. The quantitative estimate of drug-likeness (QED) is 0.568. The molecule has 6 unspecified atom stereocenters. The molecular formula is C28H44O. The molecule has 1 aromatic carbocycles. The minimum absolute atomic E-state index is 0.130. The summed E-state index contributed by atoms with van der Waals surface area (Å²) in [4.78, 5) is 0. The molecule has 1 heteroatoms. The first kappa shape index (κ1) is 21.4. The van der Waals surface area contributed by atoms with E-state index in [0.717, 1.165) is 48.9 Å². The molecular weight excluding hydrogens is 352 g/mol. The highest BCUT2D eigenvalue weighted by molar-refractivity contribution is 5.50. The summed E-state index contributed by atoms with van der Waals surface area (Å²) in [6.45, 7) is 14.7. The number of rotatable bonds is 5. The van der Waals surface area contributed by atoms with Gasteiger partial charge in [-0.1, -0.05) is 53.5 Å². The lowest BCUT2D eigenvalue weighted by atomic mass is 9.59. The number of hydrogen-bond donors (Lipinski definition) is 1. The maximum absolute atomic E-state index is 10.2. The van der Waals surface area contributed by atoms with Crippen LogP contribution in [0, 0.1) is 36.0 Å². The predicted octanol–water partition coefficient (Wildman–Crippen LogP) is 7.00. The minimum Gasteiger partial charge on any atom is -0.393 e. The van der Waals surface area contributed by atoms with Gasteiger partial charge in [0.1, 0.15) is 0 Å². The van der Waals surface area contributed by atoms with Crippen LogP contribution in [0.1, 0.15) is 107 Å². The lowest BCUT2D eigenvalue weighted by Crippen LogP contribution is -2.36. The number of hydrogen-bond acceptors (Lipinski definition) is 1. The van der Waals surface area contributed by atoms with Gasteiger partial charge in [-0.25, -0.2) is 0 Å². The van der Waals surface area contributed by atoms with E-state index < -0.39 is 0 Å². The van der Waals surface area contributed by atoms with Gasteiger partial charge in [-0.2, -0.15) is 0 Å². The van der Waals surface area contributed by atoms with E-state index in [9.17, 15) is 5.11 Å². The summed E-state index contributed by atoms with van der Waals surface area (Å²) in [6, 6.07) is 2.55. The Morgan fingerprint density at radius 1 is 1.03 bits per heavy atom. The first-order valence-corrected chi connectivity index (χ1v) is 12.5. The summed E-state index contributed by atoms with van der Waals surface area (Å²) in [5.41, 5.74) is 8.45. The molecule has 3 aliphatic rings. The van der Waals surface area contributed by atoms with Crippen molar-refractivity contribution in [1.29, 1.82) is 0 Å². The van der Waals surface area contributed by atoms with Crippen molar-refractivity contribution in [1.82, 2.24) is 0 Å². The Bertz CT molecular complexity index is 747. The SMILES string of the molecule is Cc1c2c(cc3c1CCC1(C)C3CCC1C(C)CCC(C)C(C)C)CC(O)CC2. The van der Waals surface area contributed by atoms with Crippen LogP contribution in [0.3, 0.4) is 0 Å². The largest absolute Gasteiger partial charge is 0.393 e. The van der Waals surface area contributed by atoms with Crippen molar-refractivity contribution in [3.05, 3.63) is 33.9 Å². The van der Waals surface area contributed by atoms with Crippen LogP contribution in [0.2, 0.25) is 0 Å². The van der Waals surface area contributed by atoms with E-state index >= 15 is 0 Å². The van der Waals surface area contributed by atoms with Gasteiger partial charge < -0.3 is 5.11 Å². The van der Waals surface area contributed by atoms with E-state index in [4.69, 9.17) is 0 Å². The highest BCUT2D eigenvalue weighted by Crippen LogP contribution is 2.61. The topological polar surface area (TPSA) is 20.2 Å². The van der Waals surface area contributed by atoms with Crippen LogP contribution < -0.4 is 0 Å².